The van der Waals surface area contributed by atoms with Crippen LogP contribution in [-0.2, 0) is 11.3 Å². The molecule has 1 rings (SSSR count). The zero-order chi connectivity index (χ0) is 8.97. The second-order valence-electron chi connectivity index (χ2n) is 2.21. The third-order valence-electron chi connectivity index (χ3n) is 1.36. The van der Waals surface area contributed by atoms with Crippen molar-refractivity contribution in [2.24, 2.45) is 0 Å². The van der Waals surface area contributed by atoms with Crippen molar-refractivity contribution in [2.45, 2.75) is 6.61 Å². The van der Waals surface area contributed by atoms with Gasteiger partial charge in [0.15, 0.2) is 0 Å². The van der Waals surface area contributed by atoms with Gasteiger partial charge in [-0.25, -0.2) is 8.78 Å². The molecule has 0 atom stereocenters. The van der Waals surface area contributed by atoms with Gasteiger partial charge in [0.25, 0.3) is 0 Å². The van der Waals surface area contributed by atoms with Crippen LogP contribution in [-0.4, -0.2) is 0 Å². The fourth-order valence-electron chi connectivity index (χ4n) is 0.803. The largest absolute Gasteiger partial charge is 0.497 e. The van der Waals surface area contributed by atoms with Crippen LogP contribution in [0, 0.1) is 11.6 Å². The summed E-state index contributed by atoms with van der Waals surface area (Å²) in [6.07, 6.45) is 1.18. The van der Waals surface area contributed by atoms with E-state index in [2.05, 4.69) is 6.58 Å². The van der Waals surface area contributed by atoms with E-state index in [1.165, 1.54) is 6.26 Å². The summed E-state index contributed by atoms with van der Waals surface area (Å²) in [6, 6.07) is 3.22. The van der Waals surface area contributed by atoms with E-state index in [0.29, 0.717) is 0 Å². The van der Waals surface area contributed by atoms with E-state index in [0.717, 1.165) is 18.2 Å². The smallest absolute Gasteiger partial charge is 0.130 e. The van der Waals surface area contributed by atoms with Crippen molar-refractivity contribution >= 4 is 0 Å². The average molecular weight is 170 g/mol. The fraction of sp³-hybridized carbons (Fsp3) is 0.111. The van der Waals surface area contributed by atoms with Crippen molar-refractivity contribution in [3.63, 3.8) is 0 Å². The number of hydrogen-bond acceptors (Lipinski definition) is 1. The Labute approximate surface area is 69.3 Å². The highest BCUT2D eigenvalue weighted by Crippen LogP contribution is 2.10. The molecule has 1 nitrogen and oxygen atoms in total. The molecule has 0 saturated heterocycles. The lowest BCUT2D eigenvalue weighted by molar-refractivity contribution is 0.232. The second-order valence-corrected chi connectivity index (χ2v) is 2.21. The molecule has 0 aliphatic carbocycles. The normalized spacial score (nSPS) is 9.50. The summed E-state index contributed by atoms with van der Waals surface area (Å²) in [4.78, 5) is 0. The van der Waals surface area contributed by atoms with Gasteiger partial charge in [0.2, 0.25) is 0 Å². The topological polar surface area (TPSA) is 9.23 Å². The van der Waals surface area contributed by atoms with Crippen molar-refractivity contribution in [3.8, 4) is 0 Å². The van der Waals surface area contributed by atoms with E-state index in [-0.39, 0.29) is 12.2 Å². The van der Waals surface area contributed by atoms with Crippen LogP contribution >= 0.6 is 0 Å². The molecular formula is C9H8F2O. The Hall–Kier alpha value is -1.38. The Morgan fingerprint density at radius 2 is 2.17 bits per heavy atom. The Morgan fingerprint density at radius 3 is 2.83 bits per heavy atom. The first-order valence-electron chi connectivity index (χ1n) is 3.40. The first kappa shape index (κ1) is 8.71. The molecule has 64 valence electrons. The maximum Gasteiger partial charge on any atom is 0.130 e. The summed E-state index contributed by atoms with van der Waals surface area (Å²) >= 11 is 0. The van der Waals surface area contributed by atoms with Gasteiger partial charge in [0.05, 0.1) is 6.26 Å². The van der Waals surface area contributed by atoms with E-state index >= 15 is 0 Å². The summed E-state index contributed by atoms with van der Waals surface area (Å²) in [6.45, 7) is 3.30. The molecule has 12 heavy (non-hydrogen) atoms. The predicted octanol–water partition coefficient (Wildman–Crippen LogP) is 2.62. The standard InChI is InChI=1S/C9H8F2O/c1-2-12-6-7-5-8(10)3-4-9(7)11/h2-5H,1,6H2. The van der Waals surface area contributed by atoms with Gasteiger partial charge in [-0.3, -0.25) is 0 Å². The van der Waals surface area contributed by atoms with Crippen molar-refractivity contribution in [1.29, 1.82) is 0 Å². The molecule has 3 heteroatoms. The molecule has 0 N–H and O–H groups in total. The highest BCUT2D eigenvalue weighted by atomic mass is 19.1. The third-order valence-corrected chi connectivity index (χ3v) is 1.36. The zero-order valence-electron chi connectivity index (χ0n) is 6.39. The molecule has 0 spiro atoms. The van der Waals surface area contributed by atoms with Crippen LogP contribution in [0.2, 0.25) is 0 Å². The number of rotatable bonds is 3. The molecule has 0 aliphatic heterocycles. The first-order valence-corrected chi connectivity index (χ1v) is 3.40. The van der Waals surface area contributed by atoms with Gasteiger partial charge >= 0.3 is 0 Å². The van der Waals surface area contributed by atoms with Crippen LogP contribution in [0.1, 0.15) is 5.56 Å². The fourth-order valence-corrected chi connectivity index (χ4v) is 0.803. The van der Waals surface area contributed by atoms with Crippen LogP contribution < -0.4 is 0 Å². The van der Waals surface area contributed by atoms with E-state index in [1.807, 2.05) is 0 Å². The minimum Gasteiger partial charge on any atom is -0.497 e. The van der Waals surface area contributed by atoms with Gasteiger partial charge in [-0.15, -0.1) is 0 Å². The van der Waals surface area contributed by atoms with Gasteiger partial charge < -0.3 is 4.74 Å². The number of ether oxygens (including phenoxy) is 1. The monoisotopic (exact) mass is 170 g/mol. The Balaban J connectivity index is 2.82. The molecule has 0 amide bonds. The summed E-state index contributed by atoms with van der Waals surface area (Å²) in [5.41, 5.74) is 0.190. The van der Waals surface area contributed by atoms with Gasteiger partial charge in [0, 0.05) is 5.56 Å². The lowest BCUT2D eigenvalue weighted by atomic mass is 10.2. The number of hydrogen-bond donors (Lipinski definition) is 0. The number of halogens is 2. The molecule has 0 bridgehead atoms. The van der Waals surface area contributed by atoms with Gasteiger partial charge in [-0.1, -0.05) is 6.58 Å². The summed E-state index contributed by atoms with van der Waals surface area (Å²) in [7, 11) is 0. The number of benzene rings is 1. The van der Waals surface area contributed by atoms with Crippen LogP contribution in [0.5, 0.6) is 0 Å². The lowest BCUT2D eigenvalue weighted by Gasteiger charge is -2.01. The molecule has 0 aromatic heterocycles. The maximum atomic E-state index is 12.8. The summed E-state index contributed by atoms with van der Waals surface area (Å²) < 4.78 is 30.1. The molecule has 0 heterocycles. The Kier molecular flexibility index (Phi) is 2.80. The molecule has 0 saturated carbocycles. The lowest BCUT2D eigenvalue weighted by Crippen LogP contribution is -1.92. The highest BCUT2D eigenvalue weighted by Gasteiger charge is 2.02. The van der Waals surface area contributed by atoms with Crippen molar-refractivity contribution in [3.05, 3.63) is 48.2 Å². The van der Waals surface area contributed by atoms with E-state index < -0.39 is 11.6 Å². The van der Waals surface area contributed by atoms with Gasteiger partial charge in [0.1, 0.15) is 18.2 Å². The van der Waals surface area contributed by atoms with Crippen molar-refractivity contribution in [1.82, 2.24) is 0 Å². The van der Waals surface area contributed by atoms with Gasteiger partial charge in [-0.05, 0) is 18.2 Å². The van der Waals surface area contributed by atoms with Crippen LogP contribution in [0.4, 0.5) is 8.78 Å². The molecule has 1 aromatic rings. The van der Waals surface area contributed by atoms with Crippen LogP contribution in [0.25, 0.3) is 0 Å². The van der Waals surface area contributed by atoms with Crippen molar-refractivity contribution < 1.29 is 13.5 Å². The minimum atomic E-state index is -0.474. The Bertz CT molecular complexity index is 284. The van der Waals surface area contributed by atoms with E-state index in [9.17, 15) is 8.78 Å². The molecule has 0 aliphatic rings. The van der Waals surface area contributed by atoms with Crippen molar-refractivity contribution in [2.75, 3.05) is 0 Å². The molecular weight excluding hydrogens is 162 g/mol. The van der Waals surface area contributed by atoms with E-state index in [1.54, 1.807) is 0 Å². The SMILES string of the molecule is C=COCc1cc(F)ccc1F. The molecule has 0 fully saturated rings. The quantitative estimate of drug-likeness (QED) is 0.633. The summed E-state index contributed by atoms with van der Waals surface area (Å²) in [5.74, 6) is -0.947. The molecule has 1 aromatic carbocycles. The molecule has 0 unspecified atom stereocenters. The predicted molar refractivity (Wildman–Crippen MR) is 41.3 cm³/mol. The zero-order valence-corrected chi connectivity index (χ0v) is 6.39. The van der Waals surface area contributed by atoms with Crippen LogP contribution in [0.3, 0.4) is 0 Å². The van der Waals surface area contributed by atoms with Crippen LogP contribution in [0.15, 0.2) is 31.0 Å². The summed E-state index contributed by atoms with van der Waals surface area (Å²) in [5, 5.41) is 0. The molecule has 0 radical (unpaired) electrons. The van der Waals surface area contributed by atoms with Gasteiger partial charge in [-0.2, -0.15) is 0 Å². The maximum absolute atomic E-state index is 12.8. The average Bonchev–Trinajstić information content (AvgIpc) is 2.07. The second kappa shape index (κ2) is 3.85. The minimum absolute atomic E-state index is 0.00704. The first-order chi connectivity index (χ1) is 5.74. The highest BCUT2D eigenvalue weighted by molar-refractivity contribution is 5.17. The third kappa shape index (κ3) is 2.05. The van der Waals surface area contributed by atoms with E-state index in [4.69, 9.17) is 4.74 Å². The Morgan fingerprint density at radius 1 is 1.42 bits per heavy atom.